The Morgan fingerprint density at radius 2 is 1.81 bits per heavy atom. The van der Waals surface area contributed by atoms with Crippen molar-refractivity contribution in [3.63, 3.8) is 0 Å². The Kier molecular flexibility index (Phi) is 6.33. The molecule has 0 spiro atoms. The Hall–Kier alpha value is -1.72. The van der Waals surface area contributed by atoms with E-state index in [-0.39, 0.29) is 17.8 Å². The van der Waals surface area contributed by atoms with Crippen molar-refractivity contribution < 1.29 is 14.3 Å². The van der Waals surface area contributed by atoms with Gasteiger partial charge in [0.15, 0.2) is 0 Å². The molecule has 1 aliphatic heterocycles. The maximum atomic E-state index is 12.7. The number of carbonyl (C=O) groups is 2. The summed E-state index contributed by atoms with van der Waals surface area (Å²) in [5.41, 5.74) is 1.20. The fourth-order valence-corrected chi connectivity index (χ4v) is 4.76. The molecule has 0 radical (unpaired) electrons. The van der Waals surface area contributed by atoms with Crippen LogP contribution in [-0.4, -0.2) is 17.8 Å². The van der Waals surface area contributed by atoms with Crippen molar-refractivity contribution in [2.24, 2.45) is 0 Å². The molecule has 0 aliphatic carbocycles. The normalized spacial score (nSPS) is 15.3. The van der Waals surface area contributed by atoms with Crippen molar-refractivity contribution in [2.45, 2.75) is 0 Å². The second kappa shape index (κ2) is 8.53. The molecule has 136 valence electrons. The first-order chi connectivity index (χ1) is 12.9. The van der Waals surface area contributed by atoms with Crippen molar-refractivity contribution in [1.82, 2.24) is 0 Å². The molecule has 0 unspecified atom stereocenters. The number of rotatable bonds is 4. The number of terminal acetylenes is 1. The van der Waals surface area contributed by atoms with E-state index in [1.165, 1.54) is 0 Å². The summed E-state index contributed by atoms with van der Waals surface area (Å²) >= 11 is 13.6. The summed E-state index contributed by atoms with van der Waals surface area (Å²) in [6.07, 6.45) is 6.87. The number of amides is 2. The van der Waals surface area contributed by atoms with Crippen LogP contribution in [0.4, 0.5) is 10.5 Å². The quantitative estimate of drug-likeness (QED) is 0.355. The molecule has 0 saturated carbocycles. The number of nitrogens with zero attached hydrogens (tertiary/aromatic N) is 1. The van der Waals surface area contributed by atoms with E-state index in [1.807, 2.05) is 0 Å². The van der Waals surface area contributed by atoms with E-state index in [4.69, 9.17) is 22.8 Å². The first-order valence-corrected chi connectivity index (χ1v) is 10.3. The Bertz CT molecular complexity index is 976. The molecule has 8 heteroatoms. The molecule has 2 amide bonds. The molecule has 1 aliphatic rings. The number of hydrogen-bond donors (Lipinski definition) is 0. The van der Waals surface area contributed by atoms with Crippen LogP contribution in [0.2, 0.25) is 5.02 Å². The van der Waals surface area contributed by atoms with Crippen LogP contribution in [0.3, 0.4) is 0 Å². The monoisotopic (exact) mass is 525 g/mol. The Labute approximate surface area is 182 Å². The Balaban J connectivity index is 1.90. The molecule has 0 N–H and O–H groups in total. The van der Waals surface area contributed by atoms with E-state index in [9.17, 15) is 9.59 Å². The van der Waals surface area contributed by atoms with Crippen molar-refractivity contribution in [1.29, 1.82) is 0 Å². The SMILES string of the molecule is C#CCOc1c(Br)cc(/C=C2/SC(=O)N(c3ccc(Cl)cc3)C2=O)cc1Br. The largest absolute Gasteiger partial charge is 0.479 e. The lowest BCUT2D eigenvalue weighted by molar-refractivity contribution is -0.113. The van der Waals surface area contributed by atoms with Crippen LogP contribution in [-0.2, 0) is 4.79 Å². The van der Waals surface area contributed by atoms with Gasteiger partial charge in [-0.15, -0.1) is 6.42 Å². The molecule has 1 heterocycles. The number of thioether (sulfide) groups is 1. The third kappa shape index (κ3) is 4.41. The van der Waals surface area contributed by atoms with Crippen molar-refractivity contribution in [3.05, 3.63) is 60.8 Å². The fraction of sp³-hybridized carbons (Fsp3) is 0.0526. The number of ether oxygens (including phenoxy) is 1. The van der Waals surface area contributed by atoms with E-state index in [1.54, 1.807) is 42.5 Å². The number of benzene rings is 2. The van der Waals surface area contributed by atoms with Gasteiger partial charge in [-0.25, -0.2) is 4.90 Å². The highest BCUT2D eigenvalue weighted by Crippen LogP contribution is 2.39. The van der Waals surface area contributed by atoms with Crippen LogP contribution >= 0.6 is 55.2 Å². The zero-order valence-electron chi connectivity index (χ0n) is 13.5. The van der Waals surface area contributed by atoms with Crippen LogP contribution in [0.1, 0.15) is 5.56 Å². The van der Waals surface area contributed by atoms with Crippen LogP contribution in [0, 0.1) is 12.3 Å². The average molecular weight is 528 g/mol. The lowest BCUT2D eigenvalue weighted by Crippen LogP contribution is -2.27. The van der Waals surface area contributed by atoms with E-state index in [0.717, 1.165) is 22.2 Å². The molecule has 0 atom stereocenters. The molecule has 4 nitrogen and oxygen atoms in total. The summed E-state index contributed by atoms with van der Waals surface area (Å²) in [6.45, 7) is 0.135. The highest BCUT2D eigenvalue weighted by molar-refractivity contribution is 9.11. The van der Waals surface area contributed by atoms with Gasteiger partial charge < -0.3 is 4.74 Å². The Morgan fingerprint density at radius 1 is 1.19 bits per heavy atom. The molecule has 1 saturated heterocycles. The van der Waals surface area contributed by atoms with Gasteiger partial charge in [-0.1, -0.05) is 17.5 Å². The van der Waals surface area contributed by atoms with Gasteiger partial charge in [-0.05, 0) is 91.7 Å². The molecule has 3 rings (SSSR count). The van der Waals surface area contributed by atoms with Crippen LogP contribution < -0.4 is 9.64 Å². The third-order valence-corrected chi connectivity index (χ3v) is 5.80. The van der Waals surface area contributed by atoms with E-state index < -0.39 is 0 Å². The summed E-state index contributed by atoms with van der Waals surface area (Å²) in [7, 11) is 0. The van der Waals surface area contributed by atoms with Gasteiger partial charge in [-0.3, -0.25) is 9.59 Å². The molecule has 2 aromatic rings. The van der Waals surface area contributed by atoms with Gasteiger partial charge >= 0.3 is 0 Å². The number of imide groups is 1. The number of hydrogen-bond acceptors (Lipinski definition) is 4. The maximum Gasteiger partial charge on any atom is 0.298 e. The van der Waals surface area contributed by atoms with E-state index in [0.29, 0.717) is 30.3 Å². The van der Waals surface area contributed by atoms with Crippen molar-refractivity contribution in [2.75, 3.05) is 11.5 Å². The zero-order valence-corrected chi connectivity index (χ0v) is 18.3. The summed E-state index contributed by atoms with van der Waals surface area (Å²) < 4.78 is 6.82. The zero-order chi connectivity index (χ0) is 19.6. The molecule has 27 heavy (non-hydrogen) atoms. The minimum Gasteiger partial charge on any atom is -0.479 e. The number of carbonyl (C=O) groups excluding carboxylic acids is 2. The van der Waals surface area contributed by atoms with Gasteiger partial charge in [0.1, 0.15) is 12.4 Å². The maximum absolute atomic E-state index is 12.7. The second-order valence-electron chi connectivity index (χ2n) is 5.30. The predicted molar refractivity (Wildman–Crippen MR) is 116 cm³/mol. The minimum absolute atomic E-state index is 0.135. The summed E-state index contributed by atoms with van der Waals surface area (Å²) in [5.74, 6) is 2.59. The number of anilines is 1. The molecule has 0 aromatic heterocycles. The highest BCUT2D eigenvalue weighted by Gasteiger charge is 2.36. The van der Waals surface area contributed by atoms with Crippen molar-refractivity contribution >= 4 is 78.1 Å². The fourth-order valence-electron chi connectivity index (χ4n) is 2.35. The molecular weight excluding hydrogens is 518 g/mol. The minimum atomic E-state index is -0.382. The highest BCUT2D eigenvalue weighted by atomic mass is 79.9. The van der Waals surface area contributed by atoms with E-state index >= 15 is 0 Å². The van der Waals surface area contributed by atoms with Gasteiger partial charge in [0.05, 0.1) is 19.5 Å². The smallest absolute Gasteiger partial charge is 0.298 e. The molecule has 1 fully saturated rings. The third-order valence-electron chi connectivity index (χ3n) is 3.50. The van der Waals surface area contributed by atoms with Gasteiger partial charge in [0.2, 0.25) is 0 Å². The summed E-state index contributed by atoms with van der Waals surface area (Å²) in [4.78, 5) is 26.5. The van der Waals surface area contributed by atoms with Gasteiger partial charge in [0, 0.05) is 5.02 Å². The van der Waals surface area contributed by atoms with Crippen LogP contribution in [0.15, 0.2) is 50.2 Å². The second-order valence-corrected chi connectivity index (χ2v) is 8.44. The Morgan fingerprint density at radius 3 is 2.41 bits per heavy atom. The average Bonchev–Trinajstić information content (AvgIpc) is 2.89. The molecule has 2 aromatic carbocycles. The van der Waals surface area contributed by atoms with Crippen LogP contribution in [0.25, 0.3) is 6.08 Å². The summed E-state index contributed by atoms with van der Waals surface area (Å²) in [5, 5.41) is 0.170. The number of halogens is 3. The van der Waals surface area contributed by atoms with Gasteiger partial charge in [-0.2, -0.15) is 0 Å². The lowest BCUT2D eigenvalue weighted by Gasteiger charge is -2.12. The first kappa shape index (κ1) is 20.0. The standard InChI is InChI=1S/C19H10Br2ClNO3S/c1-2-7-26-17-14(20)8-11(9-15(17)21)10-16-18(24)23(19(25)27-16)13-5-3-12(22)4-6-13/h1,3-6,8-10H,7H2/b16-10+. The van der Waals surface area contributed by atoms with E-state index in [2.05, 4.69) is 37.8 Å². The first-order valence-electron chi connectivity index (χ1n) is 7.49. The lowest BCUT2D eigenvalue weighted by atomic mass is 10.2. The molecule has 0 bridgehead atoms. The van der Waals surface area contributed by atoms with Gasteiger partial charge in [0.25, 0.3) is 11.1 Å². The topological polar surface area (TPSA) is 46.6 Å². The van der Waals surface area contributed by atoms with Crippen molar-refractivity contribution in [3.8, 4) is 18.1 Å². The van der Waals surface area contributed by atoms with Crippen LogP contribution in [0.5, 0.6) is 5.75 Å². The molecular formula is C19H10Br2ClNO3S. The predicted octanol–water partition coefficient (Wildman–Crippen LogP) is 6.12. The summed E-state index contributed by atoms with van der Waals surface area (Å²) in [6, 6.07) is 10.1.